The molecule has 0 saturated heterocycles. The van der Waals surface area contributed by atoms with Gasteiger partial charge in [-0.25, -0.2) is 4.79 Å². The van der Waals surface area contributed by atoms with Gasteiger partial charge in [-0.15, -0.1) is 0 Å². The molecule has 0 fully saturated rings. The van der Waals surface area contributed by atoms with Crippen LogP contribution in [0.2, 0.25) is 0 Å². The molecule has 0 aliphatic rings. The summed E-state index contributed by atoms with van der Waals surface area (Å²) in [5.74, 6) is -1.87. The highest BCUT2D eigenvalue weighted by atomic mass is 16.6. The second-order valence-corrected chi connectivity index (χ2v) is 6.56. The molecule has 2 atom stereocenters. The lowest BCUT2D eigenvalue weighted by Gasteiger charge is -2.25. The monoisotopic (exact) mass is 335 g/mol. The number of nitrogens with one attached hydrogen (secondary N) is 1. The Balaban J connectivity index is 2.86. The predicted molar refractivity (Wildman–Crippen MR) is 89.7 cm³/mol. The predicted octanol–water partition coefficient (Wildman–Crippen LogP) is 0.258. The number of primary amides is 1. The van der Waals surface area contributed by atoms with Crippen LogP contribution in [0.3, 0.4) is 0 Å². The first-order valence-electron chi connectivity index (χ1n) is 7.69. The van der Waals surface area contributed by atoms with E-state index in [1.165, 1.54) is 0 Å². The van der Waals surface area contributed by atoms with E-state index in [1.54, 1.807) is 20.8 Å². The third-order valence-corrected chi connectivity index (χ3v) is 3.05. The van der Waals surface area contributed by atoms with Gasteiger partial charge in [-0.3, -0.25) is 9.59 Å². The van der Waals surface area contributed by atoms with Gasteiger partial charge in [0.2, 0.25) is 11.8 Å². The number of benzene rings is 1. The quantitative estimate of drug-likeness (QED) is 0.616. The molecule has 0 unspecified atom stereocenters. The van der Waals surface area contributed by atoms with Gasteiger partial charge in [0.05, 0.1) is 12.5 Å². The molecule has 7 nitrogen and oxygen atoms in total. The molecule has 0 bridgehead atoms. The largest absolute Gasteiger partial charge is 0.458 e. The number of rotatable bonds is 7. The second-order valence-electron chi connectivity index (χ2n) is 6.56. The summed E-state index contributed by atoms with van der Waals surface area (Å²) in [4.78, 5) is 35.4. The van der Waals surface area contributed by atoms with Crippen LogP contribution in [-0.2, 0) is 25.5 Å². The molecule has 1 aromatic carbocycles. The molecule has 0 aromatic heterocycles. The van der Waals surface area contributed by atoms with Crippen molar-refractivity contribution in [2.24, 2.45) is 11.5 Å². The first-order chi connectivity index (χ1) is 11.1. The van der Waals surface area contributed by atoms with E-state index in [9.17, 15) is 14.4 Å². The minimum atomic E-state index is -1.11. The van der Waals surface area contributed by atoms with Gasteiger partial charge in [0.1, 0.15) is 11.6 Å². The Morgan fingerprint density at radius 1 is 1.17 bits per heavy atom. The molecule has 0 aliphatic carbocycles. The fourth-order valence-corrected chi connectivity index (χ4v) is 2.00. The standard InChI is InChI=1S/C17H25N3O4/c1-17(2,3)24-16(23)13(9-11-7-5-4-6-8-11)20-15(22)12(18)10-14(19)21/h4-8,12-13H,9-10,18H2,1-3H3,(H2,19,21)(H,20,22)/t12-,13-/m1/s1. The fraction of sp³-hybridized carbons (Fsp3) is 0.471. The Labute approximate surface area is 141 Å². The number of carbonyl (C=O) groups excluding carboxylic acids is 3. The summed E-state index contributed by atoms with van der Waals surface area (Å²) >= 11 is 0. The van der Waals surface area contributed by atoms with Crippen molar-refractivity contribution in [2.75, 3.05) is 0 Å². The van der Waals surface area contributed by atoms with Crippen molar-refractivity contribution in [3.8, 4) is 0 Å². The third kappa shape index (κ3) is 7.23. The van der Waals surface area contributed by atoms with Crippen LogP contribution in [0.5, 0.6) is 0 Å². The topological polar surface area (TPSA) is 125 Å². The molecule has 5 N–H and O–H groups in total. The molecule has 24 heavy (non-hydrogen) atoms. The smallest absolute Gasteiger partial charge is 0.329 e. The molecule has 0 aliphatic heterocycles. The maximum Gasteiger partial charge on any atom is 0.329 e. The lowest BCUT2D eigenvalue weighted by Crippen LogP contribution is -2.51. The Kier molecular flexibility index (Phi) is 6.91. The lowest BCUT2D eigenvalue weighted by atomic mass is 10.0. The summed E-state index contributed by atoms with van der Waals surface area (Å²) in [5.41, 5.74) is 10.8. The van der Waals surface area contributed by atoms with Crippen molar-refractivity contribution >= 4 is 17.8 Å². The highest BCUT2D eigenvalue weighted by Crippen LogP contribution is 2.11. The molecular weight excluding hydrogens is 310 g/mol. The Morgan fingerprint density at radius 2 is 1.75 bits per heavy atom. The molecule has 1 aromatic rings. The van der Waals surface area contributed by atoms with Gasteiger partial charge < -0.3 is 21.5 Å². The van der Waals surface area contributed by atoms with E-state index in [1.807, 2.05) is 30.3 Å². The number of amides is 2. The summed E-state index contributed by atoms with van der Waals surface area (Å²) in [7, 11) is 0. The summed E-state index contributed by atoms with van der Waals surface area (Å²) in [6.45, 7) is 5.22. The second kappa shape index (κ2) is 8.44. The number of nitrogens with two attached hydrogens (primary N) is 2. The third-order valence-electron chi connectivity index (χ3n) is 3.05. The van der Waals surface area contributed by atoms with Crippen molar-refractivity contribution in [1.82, 2.24) is 5.32 Å². The van der Waals surface area contributed by atoms with E-state index in [4.69, 9.17) is 16.2 Å². The van der Waals surface area contributed by atoms with Gasteiger partial charge in [-0.1, -0.05) is 30.3 Å². The molecule has 1 rings (SSSR count). The first kappa shape index (κ1) is 19.6. The molecule has 0 heterocycles. The Hall–Kier alpha value is -2.41. The molecule has 0 saturated carbocycles. The van der Waals surface area contributed by atoms with Gasteiger partial charge in [0.15, 0.2) is 0 Å². The highest BCUT2D eigenvalue weighted by Gasteiger charge is 2.28. The zero-order chi connectivity index (χ0) is 18.3. The minimum Gasteiger partial charge on any atom is -0.458 e. The summed E-state index contributed by atoms with van der Waals surface area (Å²) in [6.07, 6.45) is -0.0387. The maximum atomic E-state index is 12.4. The van der Waals surface area contributed by atoms with E-state index in [-0.39, 0.29) is 12.8 Å². The maximum absolute atomic E-state index is 12.4. The molecule has 0 radical (unpaired) electrons. The van der Waals surface area contributed by atoms with Crippen molar-refractivity contribution in [3.63, 3.8) is 0 Å². The van der Waals surface area contributed by atoms with Crippen LogP contribution in [-0.4, -0.2) is 35.5 Å². The Morgan fingerprint density at radius 3 is 2.25 bits per heavy atom. The van der Waals surface area contributed by atoms with Crippen LogP contribution in [0.4, 0.5) is 0 Å². The summed E-state index contributed by atoms with van der Waals surface area (Å²) in [5, 5.41) is 2.55. The van der Waals surface area contributed by atoms with Crippen molar-refractivity contribution in [3.05, 3.63) is 35.9 Å². The van der Waals surface area contributed by atoms with Gasteiger partial charge in [-0.05, 0) is 26.3 Å². The first-order valence-corrected chi connectivity index (χ1v) is 7.69. The molecule has 132 valence electrons. The van der Waals surface area contributed by atoms with E-state index >= 15 is 0 Å². The van der Waals surface area contributed by atoms with Crippen LogP contribution in [0.15, 0.2) is 30.3 Å². The molecule has 0 spiro atoms. The minimum absolute atomic E-state index is 0.255. The van der Waals surface area contributed by atoms with Gasteiger partial charge in [0, 0.05) is 6.42 Å². The average Bonchev–Trinajstić information content (AvgIpc) is 2.45. The van der Waals surface area contributed by atoms with Crippen LogP contribution < -0.4 is 16.8 Å². The van der Waals surface area contributed by atoms with Gasteiger partial charge >= 0.3 is 5.97 Å². The SMILES string of the molecule is CC(C)(C)OC(=O)[C@@H](Cc1ccccc1)NC(=O)[C@H](N)CC(N)=O. The zero-order valence-electron chi connectivity index (χ0n) is 14.2. The normalized spacial score (nSPS) is 13.7. The van der Waals surface area contributed by atoms with Crippen LogP contribution in [0.1, 0.15) is 32.8 Å². The van der Waals surface area contributed by atoms with E-state index in [0.717, 1.165) is 5.56 Å². The van der Waals surface area contributed by atoms with Crippen LogP contribution in [0, 0.1) is 0 Å². The van der Waals surface area contributed by atoms with Gasteiger partial charge in [-0.2, -0.15) is 0 Å². The average molecular weight is 335 g/mol. The van der Waals surface area contributed by atoms with Crippen molar-refractivity contribution in [2.45, 2.75) is 51.3 Å². The van der Waals surface area contributed by atoms with Crippen molar-refractivity contribution < 1.29 is 19.1 Å². The Bertz CT molecular complexity index is 581. The summed E-state index contributed by atoms with van der Waals surface area (Å²) < 4.78 is 5.35. The molecule has 7 heteroatoms. The number of esters is 1. The lowest BCUT2D eigenvalue weighted by molar-refractivity contribution is -0.158. The van der Waals surface area contributed by atoms with E-state index in [0.29, 0.717) is 0 Å². The number of hydrogen-bond donors (Lipinski definition) is 3. The van der Waals surface area contributed by atoms with Crippen molar-refractivity contribution in [1.29, 1.82) is 0 Å². The number of hydrogen-bond acceptors (Lipinski definition) is 5. The van der Waals surface area contributed by atoms with Gasteiger partial charge in [0.25, 0.3) is 0 Å². The number of ether oxygens (including phenoxy) is 1. The molecule has 2 amide bonds. The highest BCUT2D eigenvalue weighted by molar-refractivity contribution is 5.90. The summed E-state index contributed by atoms with van der Waals surface area (Å²) in [6, 6.07) is 7.19. The number of carbonyl (C=O) groups is 3. The fourth-order valence-electron chi connectivity index (χ4n) is 2.00. The van der Waals surface area contributed by atoms with E-state index < -0.39 is 35.5 Å². The van der Waals surface area contributed by atoms with Crippen LogP contribution in [0.25, 0.3) is 0 Å². The van der Waals surface area contributed by atoms with E-state index in [2.05, 4.69) is 5.32 Å². The molecular formula is C17H25N3O4. The zero-order valence-corrected chi connectivity index (χ0v) is 14.2. The van der Waals surface area contributed by atoms with Crippen LogP contribution >= 0.6 is 0 Å².